The van der Waals surface area contributed by atoms with E-state index in [0.29, 0.717) is 47.7 Å². The number of amides is 2. The number of rotatable bonds is 9. The monoisotopic (exact) mass is 524 g/mol. The van der Waals surface area contributed by atoms with Crippen molar-refractivity contribution in [3.05, 3.63) is 81.0 Å². The minimum Gasteiger partial charge on any atom is -0.493 e. The van der Waals surface area contributed by atoms with Crippen molar-refractivity contribution in [2.45, 2.75) is 25.3 Å². The van der Waals surface area contributed by atoms with Gasteiger partial charge in [0.15, 0.2) is 11.5 Å². The van der Waals surface area contributed by atoms with E-state index in [4.69, 9.17) is 21.1 Å². The Labute approximate surface area is 220 Å². The average Bonchev–Trinajstić information content (AvgIpc) is 3.58. The van der Waals surface area contributed by atoms with Gasteiger partial charge in [0.25, 0.3) is 5.91 Å². The molecule has 0 unspecified atom stereocenters. The van der Waals surface area contributed by atoms with E-state index in [1.807, 2.05) is 29.2 Å². The number of thiophene rings is 1. The molecule has 0 bridgehead atoms. The second kappa shape index (κ2) is 10.9. The third-order valence-corrected chi connectivity index (χ3v) is 7.97. The van der Waals surface area contributed by atoms with Crippen LogP contribution in [0.4, 0.5) is 0 Å². The normalized spacial score (nSPS) is 16.8. The van der Waals surface area contributed by atoms with Gasteiger partial charge in [0.05, 0.1) is 13.2 Å². The third kappa shape index (κ3) is 5.52. The highest BCUT2D eigenvalue weighted by atomic mass is 35.5. The predicted octanol–water partition coefficient (Wildman–Crippen LogP) is 5.47. The molecule has 6 nitrogen and oxygen atoms in total. The summed E-state index contributed by atoms with van der Waals surface area (Å²) < 4.78 is 11.6. The molecule has 1 atom stereocenters. The molecule has 0 N–H and O–H groups in total. The van der Waals surface area contributed by atoms with Gasteiger partial charge in [-0.05, 0) is 72.5 Å². The lowest BCUT2D eigenvalue weighted by atomic mass is 10.00. The number of nitrogens with zero attached hydrogens (tertiary/aromatic N) is 2. The van der Waals surface area contributed by atoms with Gasteiger partial charge in [0.2, 0.25) is 5.91 Å². The molecule has 0 spiro atoms. The minimum atomic E-state index is -0.235. The van der Waals surface area contributed by atoms with Crippen LogP contribution >= 0.6 is 22.9 Å². The zero-order valence-electron chi connectivity index (χ0n) is 20.2. The largest absolute Gasteiger partial charge is 0.493 e. The molecule has 2 aliphatic rings. The molecule has 1 aliphatic heterocycles. The molecule has 1 aromatic heterocycles. The summed E-state index contributed by atoms with van der Waals surface area (Å²) in [5, 5.41) is 2.57. The molecule has 1 aliphatic carbocycles. The summed E-state index contributed by atoms with van der Waals surface area (Å²) in [5.74, 6) is 1.51. The lowest BCUT2D eigenvalue weighted by Gasteiger charge is -2.37. The van der Waals surface area contributed by atoms with E-state index in [1.165, 1.54) is 4.88 Å². The highest BCUT2D eigenvalue weighted by molar-refractivity contribution is 7.10. The molecular formula is C28H29ClN2O4S. The maximum absolute atomic E-state index is 13.7. The zero-order valence-corrected chi connectivity index (χ0v) is 21.8. The van der Waals surface area contributed by atoms with Crippen LogP contribution in [-0.4, -0.2) is 55.0 Å². The molecule has 0 saturated heterocycles. The van der Waals surface area contributed by atoms with E-state index < -0.39 is 0 Å². The maximum atomic E-state index is 13.7. The maximum Gasteiger partial charge on any atom is 0.254 e. The Morgan fingerprint density at radius 3 is 2.67 bits per heavy atom. The first-order valence-corrected chi connectivity index (χ1v) is 13.5. The molecule has 2 amide bonds. The third-order valence-electron chi connectivity index (χ3n) is 6.74. The summed E-state index contributed by atoms with van der Waals surface area (Å²) in [4.78, 5) is 31.9. The molecule has 8 heteroatoms. The van der Waals surface area contributed by atoms with Crippen molar-refractivity contribution in [3.8, 4) is 11.5 Å². The summed E-state index contributed by atoms with van der Waals surface area (Å²) in [7, 11) is 1.61. The summed E-state index contributed by atoms with van der Waals surface area (Å²) in [5.41, 5.74) is 1.62. The van der Waals surface area contributed by atoms with E-state index in [2.05, 4.69) is 11.4 Å². The Bertz CT molecular complexity index is 1240. The number of benzene rings is 2. The summed E-state index contributed by atoms with van der Waals surface area (Å²) in [6.45, 7) is 1.51. The number of methoxy groups -OCH3 is 1. The Balaban J connectivity index is 1.35. The van der Waals surface area contributed by atoms with Gasteiger partial charge in [-0.25, -0.2) is 0 Å². The second-order valence-electron chi connectivity index (χ2n) is 9.25. The van der Waals surface area contributed by atoms with Crippen LogP contribution in [0.2, 0.25) is 5.02 Å². The summed E-state index contributed by atoms with van der Waals surface area (Å²) >= 11 is 7.85. The van der Waals surface area contributed by atoms with E-state index in [0.717, 1.165) is 24.8 Å². The van der Waals surface area contributed by atoms with Crippen molar-refractivity contribution >= 4 is 34.8 Å². The van der Waals surface area contributed by atoms with Crippen molar-refractivity contribution in [2.24, 2.45) is 5.92 Å². The fourth-order valence-corrected chi connectivity index (χ4v) is 5.79. The van der Waals surface area contributed by atoms with E-state index in [-0.39, 0.29) is 24.4 Å². The van der Waals surface area contributed by atoms with Gasteiger partial charge in [0, 0.05) is 28.6 Å². The van der Waals surface area contributed by atoms with Crippen molar-refractivity contribution in [3.63, 3.8) is 0 Å². The Kier molecular flexibility index (Phi) is 7.48. The number of fused-ring (bicyclic) bond motifs is 1. The van der Waals surface area contributed by atoms with Crippen LogP contribution in [0.3, 0.4) is 0 Å². The van der Waals surface area contributed by atoms with Gasteiger partial charge >= 0.3 is 0 Å². The molecular weight excluding hydrogens is 496 g/mol. The molecule has 188 valence electrons. The van der Waals surface area contributed by atoms with Crippen molar-refractivity contribution in [1.29, 1.82) is 0 Å². The first-order chi connectivity index (χ1) is 17.5. The summed E-state index contributed by atoms with van der Waals surface area (Å²) in [6, 6.07) is 16.3. The minimum absolute atomic E-state index is 0.0342. The first kappa shape index (κ1) is 24.7. The van der Waals surface area contributed by atoms with Crippen LogP contribution < -0.4 is 9.47 Å². The Morgan fingerprint density at radius 2 is 1.92 bits per heavy atom. The van der Waals surface area contributed by atoms with E-state index in [9.17, 15) is 9.59 Å². The van der Waals surface area contributed by atoms with Crippen LogP contribution in [0.15, 0.2) is 60.0 Å². The van der Waals surface area contributed by atoms with E-state index >= 15 is 0 Å². The molecule has 0 radical (unpaired) electrons. The average molecular weight is 525 g/mol. The fraction of sp³-hybridized carbons (Fsp3) is 0.357. The van der Waals surface area contributed by atoms with Gasteiger partial charge in [0.1, 0.15) is 13.2 Å². The van der Waals surface area contributed by atoms with Gasteiger partial charge in [-0.3, -0.25) is 9.59 Å². The second-order valence-corrected chi connectivity index (χ2v) is 10.7. The predicted molar refractivity (Wildman–Crippen MR) is 141 cm³/mol. The first-order valence-electron chi connectivity index (χ1n) is 12.2. The number of hydrogen-bond donors (Lipinski definition) is 0. The highest BCUT2D eigenvalue weighted by Gasteiger charge is 2.35. The van der Waals surface area contributed by atoms with Crippen LogP contribution in [0.25, 0.3) is 0 Å². The van der Waals surface area contributed by atoms with Crippen LogP contribution in [0.1, 0.15) is 39.7 Å². The van der Waals surface area contributed by atoms with Crippen LogP contribution in [0.5, 0.6) is 11.5 Å². The molecule has 2 aromatic carbocycles. The number of carbonyl (C=O) groups excluding carboxylic acids is 2. The van der Waals surface area contributed by atoms with Crippen molar-refractivity contribution in [2.75, 3.05) is 33.4 Å². The number of carbonyl (C=O) groups is 2. The van der Waals surface area contributed by atoms with Gasteiger partial charge < -0.3 is 19.3 Å². The van der Waals surface area contributed by atoms with E-state index in [1.54, 1.807) is 47.6 Å². The SMILES string of the molecule is COc1ccccc1OC[C@H]1c2ccsc2CCN1C(=O)CN(CC1CC1)C(=O)c1cccc(Cl)c1. The number of hydrogen-bond acceptors (Lipinski definition) is 5. The zero-order chi connectivity index (χ0) is 25.1. The Hall–Kier alpha value is -3.03. The van der Waals surface area contributed by atoms with Crippen molar-refractivity contribution in [1.82, 2.24) is 9.80 Å². The standard InChI is InChI=1S/C28H29ClN2O4S/c1-34-24-7-2-3-8-25(24)35-18-23-22-12-14-36-26(22)11-13-31(23)27(32)17-30(16-19-9-10-19)28(33)20-5-4-6-21(29)15-20/h2-8,12,14-15,19,23H,9-11,13,16-18H2,1H3/t23-/m0/s1. The Morgan fingerprint density at radius 1 is 1.11 bits per heavy atom. The number of para-hydroxylation sites is 2. The van der Waals surface area contributed by atoms with Gasteiger partial charge in [-0.15, -0.1) is 11.3 Å². The molecule has 2 heterocycles. The molecule has 1 fully saturated rings. The quantitative estimate of drug-likeness (QED) is 0.372. The lowest BCUT2D eigenvalue weighted by Crippen LogP contribution is -2.48. The summed E-state index contributed by atoms with van der Waals surface area (Å²) in [6.07, 6.45) is 2.98. The number of halogens is 1. The van der Waals surface area contributed by atoms with Gasteiger partial charge in [-0.2, -0.15) is 0 Å². The lowest BCUT2D eigenvalue weighted by molar-refractivity contribution is -0.135. The van der Waals surface area contributed by atoms with Gasteiger partial charge in [-0.1, -0.05) is 29.8 Å². The molecule has 3 aromatic rings. The topological polar surface area (TPSA) is 59.1 Å². The van der Waals surface area contributed by atoms with Crippen LogP contribution in [0, 0.1) is 5.92 Å². The number of ether oxygens (including phenoxy) is 2. The van der Waals surface area contributed by atoms with Crippen molar-refractivity contribution < 1.29 is 19.1 Å². The highest BCUT2D eigenvalue weighted by Crippen LogP contribution is 2.36. The molecule has 36 heavy (non-hydrogen) atoms. The fourth-order valence-electron chi connectivity index (χ4n) is 4.67. The van der Waals surface area contributed by atoms with Crippen LogP contribution in [-0.2, 0) is 11.2 Å². The molecule has 5 rings (SSSR count). The molecule has 1 saturated carbocycles. The smallest absolute Gasteiger partial charge is 0.254 e.